The second-order valence-corrected chi connectivity index (χ2v) is 9.82. The Balaban J connectivity index is 1.54. The largest absolute Gasteiger partial charge is 0.352 e. The zero-order valence-electron chi connectivity index (χ0n) is 19.1. The van der Waals surface area contributed by atoms with Crippen LogP contribution in [0.3, 0.4) is 0 Å². The first-order valence-electron chi connectivity index (χ1n) is 11.2. The van der Waals surface area contributed by atoms with E-state index in [-0.39, 0.29) is 10.5 Å². The van der Waals surface area contributed by atoms with Gasteiger partial charge in [-0.3, -0.25) is 9.59 Å². The lowest BCUT2D eigenvalue weighted by molar-refractivity contribution is 0.0954. The number of H-pyrrole nitrogens is 1. The number of fused-ring (bicyclic) bond motifs is 2. The van der Waals surface area contributed by atoms with Gasteiger partial charge in [0.25, 0.3) is 5.91 Å². The van der Waals surface area contributed by atoms with E-state index in [1.165, 1.54) is 28.6 Å². The van der Waals surface area contributed by atoms with Crippen LogP contribution in [-0.2, 0) is 16.6 Å². The van der Waals surface area contributed by atoms with E-state index < -0.39 is 21.5 Å². The number of amides is 1. The number of benzene rings is 2. The minimum Gasteiger partial charge on any atom is -0.352 e. The van der Waals surface area contributed by atoms with Gasteiger partial charge in [-0.05, 0) is 36.8 Å². The highest BCUT2D eigenvalue weighted by Crippen LogP contribution is 2.23. The number of hydrogen-bond donors (Lipinski definition) is 2. The third-order valence-corrected chi connectivity index (χ3v) is 7.84. The number of pyridine rings is 1. The number of carbonyl (C=O) groups excluding carboxylic acids is 1. The average Bonchev–Trinajstić information content (AvgIpc) is 3.24. The normalized spacial score (nSPS) is 12.0. The number of nitrogens with zero attached hydrogens (tertiary/aromatic N) is 3. The Morgan fingerprint density at radius 1 is 1.12 bits per heavy atom. The first-order valence-corrected chi connectivity index (χ1v) is 12.6. The molecule has 0 radical (unpaired) electrons. The second-order valence-electron chi connectivity index (χ2n) is 7.88. The topological polar surface area (TPSA) is 117 Å². The van der Waals surface area contributed by atoms with Crippen molar-refractivity contribution in [3.8, 4) is 0 Å². The molecule has 0 aliphatic heterocycles. The smallest absolute Gasteiger partial charge is 0.252 e. The summed E-state index contributed by atoms with van der Waals surface area (Å²) in [6.07, 6.45) is 2.43. The van der Waals surface area contributed by atoms with E-state index in [2.05, 4.69) is 15.3 Å². The minimum absolute atomic E-state index is 0.0804. The number of aromatic nitrogens is 3. The summed E-state index contributed by atoms with van der Waals surface area (Å²) < 4.78 is 29.3. The van der Waals surface area contributed by atoms with Gasteiger partial charge in [0.2, 0.25) is 15.6 Å². The molecular weight excluding hydrogens is 454 g/mol. The molecule has 2 N–H and O–H groups in total. The molecule has 0 aliphatic carbocycles. The van der Waals surface area contributed by atoms with Crippen LogP contribution in [0.2, 0.25) is 0 Å². The van der Waals surface area contributed by atoms with Crippen molar-refractivity contribution in [2.75, 3.05) is 19.6 Å². The summed E-state index contributed by atoms with van der Waals surface area (Å²) in [7, 11) is -3.71. The number of aromatic amines is 1. The molecule has 178 valence electrons. The molecule has 0 saturated heterocycles. The zero-order valence-corrected chi connectivity index (χ0v) is 19.9. The lowest BCUT2D eigenvalue weighted by Gasteiger charge is -2.19. The Morgan fingerprint density at radius 2 is 1.88 bits per heavy atom. The van der Waals surface area contributed by atoms with Gasteiger partial charge < -0.3 is 14.9 Å². The van der Waals surface area contributed by atoms with E-state index in [1.807, 2.05) is 28.8 Å². The molecule has 2 aromatic carbocycles. The molecule has 0 spiro atoms. The number of imidazole rings is 1. The van der Waals surface area contributed by atoms with Crippen LogP contribution in [0.25, 0.3) is 21.9 Å². The number of aryl methyl sites for hydroxylation is 1. The highest BCUT2D eigenvalue weighted by atomic mass is 32.2. The second kappa shape index (κ2) is 9.78. The first-order chi connectivity index (χ1) is 16.3. The van der Waals surface area contributed by atoms with Gasteiger partial charge in [0.1, 0.15) is 0 Å². The molecule has 4 rings (SSSR count). The first kappa shape index (κ1) is 23.7. The molecule has 10 heteroatoms. The molecule has 34 heavy (non-hydrogen) atoms. The lowest BCUT2D eigenvalue weighted by atomic mass is 10.1. The van der Waals surface area contributed by atoms with Crippen LogP contribution in [0.5, 0.6) is 0 Å². The molecular formula is C24H27N5O4S. The third kappa shape index (κ3) is 4.59. The van der Waals surface area contributed by atoms with E-state index in [0.29, 0.717) is 43.5 Å². The Bertz CT molecular complexity index is 1500. The number of sulfonamides is 1. The molecule has 2 heterocycles. The van der Waals surface area contributed by atoms with Crippen LogP contribution in [0, 0.1) is 0 Å². The van der Waals surface area contributed by atoms with Crippen molar-refractivity contribution in [2.24, 2.45) is 0 Å². The molecule has 0 fully saturated rings. The summed E-state index contributed by atoms with van der Waals surface area (Å²) in [5.41, 5.74) is 2.06. The van der Waals surface area contributed by atoms with Crippen LogP contribution >= 0.6 is 0 Å². The molecule has 0 unspecified atom stereocenters. The van der Waals surface area contributed by atoms with Crippen molar-refractivity contribution in [2.45, 2.75) is 31.7 Å². The van der Waals surface area contributed by atoms with Crippen LogP contribution < -0.4 is 10.9 Å². The van der Waals surface area contributed by atoms with E-state index in [0.717, 1.165) is 11.0 Å². The molecule has 2 aromatic heterocycles. The van der Waals surface area contributed by atoms with Gasteiger partial charge in [-0.25, -0.2) is 13.4 Å². The van der Waals surface area contributed by atoms with E-state index >= 15 is 0 Å². The predicted octanol–water partition coefficient (Wildman–Crippen LogP) is 2.73. The summed E-state index contributed by atoms with van der Waals surface area (Å²) >= 11 is 0. The van der Waals surface area contributed by atoms with Gasteiger partial charge in [-0.15, -0.1) is 0 Å². The molecule has 9 nitrogen and oxygen atoms in total. The average molecular weight is 482 g/mol. The fourth-order valence-electron chi connectivity index (χ4n) is 4.03. The maximum atomic E-state index is 12.9. The van der Waals surface area contributed by atoms with Crippen molar-refractivity contribution in [1.82, 2.24) is 24.2 Å². The number of hydrogen-bond acceptors (Lipinski definition) is 5. The predicted molar refractivity (Wildman–Crippen MR) is 131 cm³/mol. The SMILES string of the molecule is CCN(CC)S(=O)(=O)c1ccc2[nH]c(=O)cc(C(=O)NCCCn3cnc4ccccc43)c2c1. The van der Waals surface area contributed by atoms with Crippen LogP contribution in [0.4, 0.5) is 0 Å². The van der Waals surface area contributed by atoms with E-state index in [4.69, 9.17) is 0 Å². The van der Waals surface area contributed by atoms with Crippen molar-refractivity contribution >= 4 is 37.9 Å². The van der Waals surface area contributed by atoms with Gasteiger partial charge in [-0.1, -0.05) is 26.0 Å². The van der Waals surface area contributed by atoms with Crippen molar-refractivity contribution in [3.63, 3.8) is 0 Å². The minimum atomic E-state index is -3.71. The van der Waals surface area contributed by atoms with Gasteiger partial charge >= 0.3 is 0 Å². The van der Waals surface area contributed by atoms with Gasteiger partial charge in [-0.2, -0.15) is 4.31 Å². The maximum absolute atomic E-state index is 12.9. The summed E-state index contributed by atoms with van der Waals surface area (Å²) in [4.78, 5) is 32.2. The Kier molecular flexibility index (Phi) is 6.80. The van der Waals surface area contributed by atoms with Crippen LogP contribution in [0.1, 0.15) is 30.6 Å². The molecule has 0 aliphatic rings. The maximum Gasteiger partial charge on any atom is 0.252 e. The van der Waals surface area contributed by atoms with Crippen LogP contribution in [-0.4, -0.2) is 52.8 Å². The van der Waals surface area contributed by atoms with E-state index in [1.54, 1.807) is 20.2 Å². The summed E-state index contributed by atoms with van der Waals surface area (Å²) in [5.74, 6) is -0.427. The van der Waals surface area contributed by atoms with Gasteiger partial charge in [0.15, 0.2) is 0 Å². The summed E-state index contributed by atoms with van der Waals surface area (Å²) in [5, 5.41) is 3.23. The lowest BCUT2D eigenvalue weighted by Crippen LogP contribution is -2.30. The van der Waals surface area contributed by atoms with Gasteiger partial charge in [0.05, 0.1) is 27.8 Å². The van der Waals surface area contributed by atoms with Crippen LogP contribution in [0.15, 0.2) is 64.5 Å². The van der Waals surface area contributed by atoms with Crippen molar-refractivity contribution in [1.29, 1.82) is 0 Å². The number of rotatable bonds is 9. The Hall–Kier alpha value is -3.50. The van der Waals surface area contributed by atoms with E-state index in [9.17, 15) is 18.0 Å². The number of nitrogens with one attached hydrogen (secondary N) is 2. The molecule has 4 aromatic rings. The van der Waals surface area contributed by atoms with Crippen molar-refractivity contribution < 1.29 is 13.2 Å². The highest BCUT2D eigenvalue weighted by molar-refractivity contribution is 7.89. The van der Waals surface area contributed by atoms with Crippen molar-refractivity contribution in [3.05, 3.63) is 70.8 Å². The molecule has 1 amide bonds. The van der Waals surface area contributed by atoms with Gasteiger partial charge in [0, 0.05) is 43.1 Å². The standard InChI is InChI=1S/C24H27N5O4S/c1-3-29(4-2)34(32,33)17-10-11-20-18(14-17)19(15-23(30)27-20)24(31)25-12-7-13-28-16-26-21-8-5-6-9-22(21)28/h5-6,8-11,14-16H,3-4,7,12-13H2,1-2H3,(H,25,31)(H,27,30). The fraction of sp³-hybridized carbons (Fsp3) is 0.292. The Labute approximate surface area is 197 Å². The number of carbonyl (C=O) groups is 1. The molecule has 0 atom stereocenters. The highest BCUT2D eigenvalue weighted by Gasteiger charge is 2.23. The monoisotopic (exact) mass is 481 g/mol. The quantitative estimate of drug-likeness (QED) is 0.357. The number of para-hydroxylation sites is 2. The Morgan fingerprint density at radius 3 is 2.65 bits per heavy atom. The fourth-order valence-corrected chi connectivity index (χ4v) is 5.51. The molecule has 0 saturated carbocycles. The summed E-state index contributed by atoms with van der Waals surface area (Å²) in [6, 6.07) is 13.4. The zero-order chi connectivity index (χ0) is 24.3. The molecule has 0 bridgehead atoms. The third-order valence-electron chi connectivity index (χ3n) is 5.79. The summed E-state index contributed by atoms with van der Waals surface area (Å²) in [6.45, 7) is 5.26.